The van der Waals surface area contributed by atoms with Crippen LogP contribution in [0.4, 0.5) is 5.69 Å². The van der Waals surface area contributed by atoms with E-state index in [-0.39, 0.29) is 11.6 Å². The maximum absolute atomic E-state index is 10.7. The number of nitrogens with zero attached hydrogens (tertiary/aromatic N) is 2. The predicted molar refractivity (Wildman–Crippen MR) is 87.5 cm³/mol. The minimum absolute atomic E-state index is 0.0555. The number of benzene rings is 2. The molecule has 0 aliphatic heterocycles. The first-order valence-electron chi connectivity index (χ1n) is 7.38. The first kappa shape index (κ1) is 16.5. The number of ether oxygens (including phenoxy) is 1. The summed E-state index contributed by atoms with van der Waals surface area (Å²) in [6, 6.07) is 14.4. The van der Waals surface area contributed by atoms with Gasteiger partial charge < -0.3 is 4.74 Å². The summed E-state index contributed by atoms with van der Waals surface area (Å²) in [5, 5.41) is 20.2. The van der Waals surface area contributed by atoms with Gasteiger partial charge in [0.05, 0.1) is 24.0 Å². The van der Waals surface area contributed by atoms with Gasteiger partial charge in [-0.2, -0.15) is 5.26 Å². The Kier molecular flexibility index (Phi) is 5.32. The van der Waals surface area contributed by atoms with Crippen LogP contribution in [0.5, 0.6) is 5.75 Å². The van der Waals surface area contributed by atoms with Crippen LogP contribution < -0.4 is 4.74 Å². The zero-order chi connectivity index (χ0) is 16.8. The largest absolute Gasteiger partial charge is 0.496 e. The Bertz CT molecular complexity index is 733. The molecule has 0 radical (unpaired) electrons. The number of methoxy groups -OCH3 is 1. The van der Waals surface area contributed by atoms with Crippen molar-refractivity contribution in [3.8, 4) is 11.8 Å². The van der Waals surface area contributed by atoms with E-state index in [2.05, 4.69) is 6.07 Å². The number of nitro benzene ring substituents is 1. The standard InChI is InChI=1S/C18H18N2O3/c1-3-14-11-15(6-9-18(14)23-2)16(12-19)10-13-4-7-17(8-5-13)20(21)22/h4-9,11,16H,3,10H2,1-2H3. The normalized spacial score (nSPS) is 11.5. The van der Waals surface area contributed by atoms with Gasteiger partial charge in [0, 0.05) is 12.1 Å². The Morgan fingerprint density at radius 1 is 1.26 bits per heavy atom. The second kappa shape index (κ2) is 7.41. The van der Waals surface area contributed by atoms with E-state index < -0.39 is 4.92 Å². The van der Waals surface area contributed by atoms with E-state index in [0.29, 0.717) is 6.42 Å². The average molecular weight is 310 g/mol. The second-order valence-electron chi connectivity index (χ2n) is 5.23. The molecule has 2 aromatic rings. The minimum Gasteiger partial charge on any atom is -0.496 e. The van der Waals surface area contributed by atoms with E-state index in [1.54, 1.807) is 19.2 Å². The fraction of sp³-hybridized carbons (Fsp3) is 0.278. The lowest BCUT2D eigenvalue weighted by molar-refractivity contribution is -0.384. The Morgan fingerprint density at radius 2 is 1.96 bits per heavy atom. The van der Waals surface area contributed by atoms with Crippen molar-refractivity contribution in [2.45, 2.75) is 25.7 Å². The van der Waals surface area contributed by atoms with E-state index in [9.17, 15) is 15.4 Å². The number of non-ortho nitro benzene ring substituents is 1. The number of hydrogen-bond donors (Lipinski definition) is 0. The third-order valence-corrected chi connectivity index (χ3v) is 3.83. The average Bonchev–Trinajstić information content (AvgIpc) is 2.59. The monoisotopic (exact) mass is 310 g/mol. The van der Waals surface area contributed by atoms with Gasteiger partial charge in [-0.25, -0.2) is 0 Å². The van der Waals surface area contributed by atoms with Gasteiger partial charge in [-0.05, 0) is 35.6 Å². The molecule has 2 rings (SSSR count). The van der Waals surface area contributed by atoms with Gasteiger partial charge >= 0.3 is 0 Å². The number of nitriles is 1. The van der Waals surface area contributed by atoms with Crippen molar-refractivity contribution < 1.29 is 9.66 Å². The second-order valence-corrected chi connectivity index (χ2v) is 5.23. The molecular formula is C18H18N2O3. The van der Waals surface area contributed by atoms with Crippen molar-refractivity contribution in [1.29, 1.82) is 5.26 Å². The maximum Gasteiger partial charge on any atom is 0.269 e. The Morgan fingerprint density at radius 3 is 2.48 bits per heavy atom. The van der Waals surface area contributed by atoms with Crippen LogP contribution in [0.15, 0.2) is 42.5 Å². The summed E-state index contributed by atoms with van der Waals surface area (Å²) in [6.45, 7) is 2.04. The molecule has 23 heavy (non-hydrogen) atoms. The van der Waals surface area contributed by atoms with Gasteiger partial charge in [-0.3, -0.25) is 10.1 Å². The van der Waals surface area contributed by atoms with Crippen molar-refractivity contribution in [3.63, 3.8) is 0 Å². The molecule has 118 valence electrons. The smallest absolute Gasteiger partial charge is 0.269 e. The summed E-state index contributed by atoms with van der Waals surface area (Å²) in [4.78, 5) is 10.3. The number of rotatable bonds is 6. The third-order valence-electron chi connectivity index (χ3n) is 3.83. The summed E-state index contributed by atoms with van der Waals surface area (Å²) >= 11 is 0. The zero-order valence-corrected chi connectivity index (χ0v) is 13.2. The number of nitro groups is 1. The van der Waals surface area contributed by atoms with Crippen LogP contribution in [-0.4, -0.2) is 12.0 Å². The molecule has 5 heteroatoms. The molecule has 5 nitrogen and oxygen atoms in total. The molecule has 1 unspecified atom stereocenters. The summed E-state index contributed by atoms with van der Waals surface area (Å²) in [7, 11) is 1.63. The molecule has 2 aromatic carbocycles. The zero-order valence-electron chi connectivity index (χ0n) is 13.2. The molecule has 0 bridgehead atoms. The van der Waals surface area contributed by atoms with Crippen LogP contribution >= 0.6 is 0 Å². The van der Waals surface area contributed by atoms with Crippen LogP contribution in [0.25, 0.3) is 0 Å². The topological polar surface area (TPSA) is 76.2 Å². The lowest BCUT2D eigenvalue weighted by Gasteiger charge is -2.13. The first-order chi connectivity index (χ1) is 11.1. The quantitative estimate of drug-likeness (QED) is 0.596. The summed E-state index contributed by atoms with van der Waals surface area (Å²) in [6.07, 6.45) is 1.34. The third kappa shape index (κ3) is 3.86. The molecular weight excluding hydrogens is 292 g/mol. The van der Waals surface area contributed by atoms with Gasteiger partial charge in [0.1, 0.15) is 5.75 Å². The molecule has 0 aliphatic carbocycles. The Labute approximate surface area is 135 Å². The first-order valence-corrected chi connectivity index (χ1v) is 7.38. The van der Waals surface area contributed by atoms with Crippen molar-refractivity contribution in [3.05, 3.63) is 69.3 Å². The van der Waals surface area contributed by atoms with Crippen LogP contribution in [0.2, 0.25) is 0 Å². The van der Waals surface area contributed by atoms with Crippen molar-refractivity contribution >= 4 is 5.69 Å². The molecule has 0 aromatic heterocycles. The highest BCUT2D eigenvalue weighted by Crippen LogP contribution is 2.27. The maximum atomic E-state index is 10.7. The molecule has 0 aliphatic rings. The lowest BCUT2D eigenvalue weighted by atomic mass is 9.91. The number of aryl methyl sites for hydroxylation is 1. The molecule has 0 saturated heterocycles. The van der Waals surface area contributed by atoms with Crippen molar-refractivity contribution in [2.24, 2.45) is 0 Å². The molecule has 0 N–H and O–H groups in total. The van der Waals surface area contributed by atoms with E-state index in [1.807, 2.05) is 25.1 Å². The predicted octanol–water partition coefficient (Wildman–Crippen LogP) is 4.02. The van der Waals surface area contributed by atoms with Crippen molar-refractivity contribution in [1.82, 2.24) is 0 Å². The van der Waals surface area contributed by atoms with Crippen LogP contribution in [0.3, 0.4) is 0 Å². The molecule has 0 saturated carbocycles. The molecule has 0 spiro atoms. The Hall–Kier alpha value is -2.87. The summed E-state index contributed by atoms with van der Waals surface area (Å²) in [5.74, 6) is 0.524. The minimum atomic E-state index is -0.428. The SMILES string of the molecule is CCc1cc(C(C#N)Cc2ccc([N+](=O)[O-])cc2)ccc1OC. The summed E-state index contributed by atoms with van der Waals surface area (Å²) in [5.41, 5.74) is 2.95. The fourth-order valence-electron chi connectivity index (χ4n) is 2.52. The van der Waals surface area contributed by atoms with Crippen LogP contribution in [-0.2, 0) is 12.8 Å². The molecule has 0 heterocycles. The van der Waals surface area contributed by atoms with Gasteiger partial charge in [-0.15, -0.1) is 0 Å². The van der Waals surface area contributed by atoms with Crippen LogP contribution in [0.1, 0.15) is 29.5 Å². The Balaban J connectivity index is 2.23. The van der Waals surface area contributed by atoms with Crippen LogP contribution in [0, 0.1) is 21.4 Å². The summed E-state index contributed by atoms with van der Waals surface area (Å²) < 4.78 is 5.31. The molecule has 1 atom stereocenters. The highest BCUT2D eigenvalue weighted by molar-refractivity contribution is 5.41. The van der Waals surface area contributed by atoms with E-state index in [4.69, 9.17) is 4.74 Å². The highest BCUT2D eigenvalue weighted by atomic mass is 16.6. The van der Waals surface area contributed by atoms with Gasteiger partial charge in [-0.1, -0.05) is 31.2 Å². The van der Waals surface area contributed by atoms with Gasteiger partial charge in [0.15, 0.2) is 0 Å². The molecule has 0 fully saturated rings. The van der Waals surface area contributed by atoms with Crippen molar-refractivity contribution in [2.75, 3.05) is 7.11 Å². The fourth-order valence-corrected chi connectivity index (χ4v) is 2.52. The van der Waals surface area contributed by atoms with E-state index >= 15 is 0 Å². The highest BCUT2D eigenvalue weighted by Gasteiger charge is 2.14. The number of hydrogen-bond acceptors (Lipinski definition) is 4. The molecule has 0 amide bonds. The lowest BCUT2D eigenvalue weighted by Crippen LogP contribution is -2.02. The van der Waals surface area contributed by atoms with E-state index in [0.717, 1.165) is 28.9 Å². The van der Waals surface area contributed by atoms with E-state index in [1.165, 1.54) is 12.1 Å². The van der Waals surface area contributed by atoms with Gasteiger partial charge in [0.25, 0.3) is 5.69 Å². The van der Waals surface area contributed by atoms with Gasteiger partial charge in [0.2, 0.25) is 0 Å².